The number of hydrogen-bond donors (Lipinski definition) is 1. The van der Waals surface area contributed by atoms with Gasteiger partial charge in [-0.1, -0.05) is 11.6 Å². The van der Waals surface area contributed by atoms with Crippen LogP contribution >= 0.6 is 11.6 Å². The molecule has 4 rings (SSSR count). The third-order valence-electron chi connectivity index (χ3n) is 4.50. The number of fused-ring (bicyclic) bond motifs is 2. The summed E-state index contributed by atoms with van der Waals surface area (Å²) in [5.41, 5.74) is 2.52. The Balaban J connectivity index is 1.69. The predicted molar refractivity (Wildman–Crippen MR) is 88.9 cm³/mol. The Hall–Kier alpha value is -2.31. The van der Waals surface area contributed by atoms with Gasteiger partial charge < -0.3 is 19.0 Å². The summed E-state index contributed by atoms with van der Waals surface area (Å²) in [7, 11) is 1.92. The highest BCUT2D eigenvalue weighted by molar-refractivity contribution is 6.31. The second-order valence-electron chi connectivity index (χ2n) is 6.02. The number of aliphatic hydroxyl groups is 1. The number of furan rings is 1. The van der Waals surface area contributed by atoms with Gasteiger partial charge in [0, 0.05) is 29.6 Å². The molecule has 0 unspecified atom stereocenters. The van der Waals surface area contributed by atoms with E-state index in [1.807, 2.05) is 11.6 Å². The van der Waals surface area contributed by atoms with Gasteiger partial charge in [0.25, 0.3) is 5.91 Å². The molecule has 1 N–H and O–H groups in total. The normalized spacial score (nSPS) is 17.3. The molecule has 0 aliphatic carbocycles. The summed E-state index contributed by atoms with van der Waals surface area (Å²) < 4.78 is 7.60. The number of aryl methyl sites for hydroxylation is 1. The van der Waals surface area contributed by atoms with Crippen LogP contribution in [0.25, 0.3) is 11.0 Å². The average Bonchev–Trinajstić information content (AvgIpc) is 3.16. The van der Waals surface area contributed by atoms with Gasteiger partial charge in [-0.25, -0.2) is 4.98 Å². The molecule has 0 saturated heterocycles. The van der Waals surface area contributed by atoms with Crippen molar-refractivity contribution in [3.05, 3.63) is 52.8 Å². The van der Waals surface area contributed by atoms with E-state index < -0.39 is 0 Å². The number of carbonyl (C=O) groups is 1. The van der Waals surface area contributed by atoms with E-state index in [1.165, 1.54) is 0 Å². The molecule has 3 aromatic rings. The van der Waals surface area contributed by atoms with Crippen LogP contribution in [-0.2, 0) is 20.0 Å². The molecule has 0 fully saturated rings. The number of aliphatic hydroxyl groups excluding tert-OH is 1. The minimum absolute atomic E-state index is 0.109. The lowest BCUT2D eigenvalue weighted by Gasteiger charge is -2.33. The molecule has 0 saturated carbocycles. The van der Waals surface area contributed by atoms with E-state index in [-0.39, 0.29) is 24.3 Å². The molecule has 0 bridgehead atoms. The lowest BCUT2D eigenvalue weighted by atomic mass is 10.0. The summed E-state index contributed by atoms with van der Waals surface area (Å²) in [6, 6.07) is 6.61. The van der Waals surface area contributed by atoms with E-state index in [1.54, 1.807) is 35.5 Å². The second-order valence-corrected chi connectivity index (χ2v) is 6.45. The van der Waals surface area contributed by atoms with Crippen molar-refractivity contribution in [3.8, 4) is 0 Å². The first kappa shape index (κ1) is 15.2. The van der Waals surface area contributed by atoms with Crippen LogP contribution in [0.15, 0.2) is 35.0 Å². The van der Waals surface area contributed by atoms with Gasteiger partial charge in [0.1, 0.15) is 5.58 Å². The first-order chi connectivity index (χ1) is 11.6. The van der Waals surface area contributed by atoms with E-state index in [0.717, 1.165) is 16.8 Å². The van der Waals surface area contributed by atoms with Gasteiger partial charge in [0.2, 0.25) is 0 Å². The number of aromatic nitrogens is 2. The number of benzene rings is 1. The minimum Gasteiger partial charge on any atom is -0.451 e. The first-order valence-corrected chi connectivity index (χ1v) is 8.04. The van der Waals surface area contributed by atoms with Gasteiger partial charge in [-0.05, 0) is 24.3 Å². The third kappa shape index (κ3) is 2.39. The highest BCUT2D eigenvalue weighted by Crippen LogP contribution is 2.27. The summed E-state index contributed by atoms with van der Waals surface area (Å²) in [6.45, 7) is 0.250. The fraction of sp³-hybridized carbons (Fsp3) is 0.294. The van der Waals surface area contributed by atoms with Crippen molar-refractivity contribution in [1.82, 2.24) is 14.5 Å². The standard InChI is InChI=1S/C17H16ClN3O3/c1-20-9-19-13-7-21(12(8-22)6-14(13)20)17(23)16-5-10-4-11(18)2-3-15(10)24-16/h2-5,9,12,22H,6-8H2,1H3/t12-/m0/s1. The van der Waals surface area contributed by atoms with Crippen molar-refractivity contribution < 1.29 is 14.3 Å². The molecule has 6 nitrogen and oxygen atoms in total. The molecular weight excluding hydrogens is 330 g/mol. The van der Waals surface area contributed by atoms with Gasteiger partial charge in [0.15, 0.2) is 5.76 Å². The van der Waals surface area contributed by atoms with E-state index in [4.69, 9.17) is 16.0 Å². The van der Waals surface area contributed by atoms with Gasteiger partial charge in [0.05, 0.1) is 31.2 Å². The van der Waals surface area contributed by atoms with Gasteiger partial charge in [-0.15, -0.1) is 0 Å². The van der Waals surface area contributed by atoms with Crippen molar-refractivity contribution >= 4 is 28.5 Å². The molecule has 1 aliphatic heterocycles. The maximum absolute atomic E-state index is 12.9. The molecule has 2 aromatic heterocycles. The Morgan fingerprint density at radius 1 is 1.46 bits per heavy atom. The second kappa shape index (κ2) is 5.65. The number of nitrogens with zero attached hydrogens (tertiary/aromatic N) is 3. The zero-order valence-corrected chi connectivity index (χ0v) is 13.8. The zero-order chi connectivity index (χ0) is 16.8. The monoisotopic (exact) mass is 345 g/mol. The number of carbonyl (C=O) groups excluding carboxylic acids is 1. The number of hydrogen-bond acceptors (Lipinski definition) is 4. The van der Waals surface area contributed by atoms with Gasteiger partial charge in [-0.2, -0.15) is 0 Å². The fourth-order valence-corrected chi connectivity index (χ4v) is 3.36. The Morgan fingerprint density at radius 2 is 2.29 bits per heavy atom. The Bertz CT molecular complexity index is 930. The van der Waals surface area contributed by atoms with Crippen LogP contribution in [0.4, 0.5) is 0 Å². The fourth-order valence-electron chi connectivity index (χ4n) is 3.18. The van der Waals surface area contributed by atoms with Crippen LogP contribution in [0.5, 0.6) is 0 Å². The lowest BCUT2D eigenvalue weighted by Crippen LogP contribution is -2.46. The van der Waals surface area contributed by atoms with E-state index >= 15 is 0 Å². The highest BCUT2D eigenvalue weighted by atomic mass is 35.5. The summed E-state index contributed by atoms with van der Waals surface area (Å²) in [5, 5.41) is 11.1. The Kier molecular flexibility index (Phi) is 3.58. The molecule has 124 valence electrons. The Labute approximate surface area is 143 Å². The first-order valence-electron chi connectivity index (χ1n) is 7.67. The van der Waals surface area contributed by atoms with Crippen LogP contribution in [0.3, 0.4) is 0 Å². The highest BCUT2D eigenvalue weighted by Gasteiger charge is 2.33. The van der Waals surface area contributed by atoms with E-state index in [0.29, 0.717) is 23.6 Å². The molecule has 3 heterocycles. The molecular formula is C17H16ClN3O3. The van der Waals surface area contributed by atoms with Crippen molar-refractivity contribution in [2.24, 2.45) is 7.05 Å². The van der Waals surface area contributed by atoms with Crippen molar-refractivity contribution in [1.29, 1.82) is 0 Å². The SMILES string of the molecule is Cn1cnc2c1C[C@@H](CO)N(C(=O)c1cc3cc(Cl)ccc3o1)C2. The number of amides is 1. The maximum atomic E-state index is 12.9. The zero-order valence-electron chi connectivity index (χ0n) is 13.1. The average molecular weight is 346 g/mol. The van der Waals surface area contributed by atoms with E-state index in [2.05, 4.69) is 4.98 Å². The maximum Gasteiger partial charge on any atom is 0.290 e. The minimum atomic E-state index is -0.294. The largest absolute Gasteiger partial charge is 0.451 e. The molecule has 1 amide bonds. The number of rotatable bonds is 2. The van der Waals surface area contributed by atoms with Crippen LogP contribution in [0.1, 0.15) is 21.9 Å². The topological polar surface area (TPSA) is 71.5 Å². The number of imidazole rings is 1. The molecule has 1 atom stereocenters. The van der Waals surface area contributed by atoms with Crippen LogP contribution < -0.4 is 0 Å². The van der Waals surface area contributed by atoms with Crippen LogP contribution in [-0.4, -0.2) is 38.1 Å². The van der Waals surface area contributed by atoms with Gasteiger partial charge in [-0.3, -0.25) is 4.79 Å². The van der Waals surface area contributed by atoms with Crippen molar-refractivity contribution in [2.75, 3.05) is 6.61 Å². The molecule has 1 aromatic carbocycles. The summed E-state index contributed by atoms with van der Waals surface area (Å²) in [5.74, 6) is -0.0113. The van der Waals surface area contributed by atoms with Crippen molar-refractivity contribution in [2.45, 2.75) is 19.0 Å². The third-order valence-corrected chi connectivity index (χ3v) is 4.73. The smallest absolute Gasteiger partial charge is 0.290 e. The molecule has 1 aliphatic rings. The summed E-state index contributed by atoms with van der Waals surface area (Å²) >= 11 is 5.98. The molecule has 0 radical (unpaired) electrons. The lowest BCUT2D eigenvalue weighted by molar-refractivity contribution is 0.0507. The molecule has 24 heavy (non-hydrogen) atoms. The van der Waals surface area contributed by atoms with E-state index in [9.17, 15) is 9.90 Å². The van der Waals surface area contributed by atoms with Crippen molar-refractivity contribution in [3.63, 3.8) is 0 Å². The summed E-state index contributed by atoms with van der Waals surface area (Å²) in [6.07, 6.45) is 2.30. The molecule has 0 spiro atoms. The number of halogens is 1. The van der Waals surface area contributed by atoms with Crippen LogP contribution in [0, 0.1) is 0 Å². The van der Waals surface area contributed by atoms with Gasteiger partial charge >= 0.3 is 0 Å². The molecule has 7 heteroatoms. The summed E-state index contributed by atoms with van der Waals surface area (Å²) in [4.78, 5) is 18.9. The van der Waals surface area contributed by atoms with Crippen LogP contribution in [0.2, 0.25) is 5.02 Å². The predicted octanol–water partition coefficient (Wildman–Crippen LogP) is 2.38. The Morgan fingerprint density at radius 3 is 3.08 bits per heavy atom. The quantitative estimate of drug-likeness (QED) is 0.774.